The summed E-state index contributed by atoms with van der Waals surface area (Å²) in [4.78, 5) is 34.3. The monoisotopic (exact) mass is 366 g/mol. The Morgan fingerprint density at radius 3 is 2.48 bits per heavy atom. The van der Waals surface area contributed by atoms with Gasteiger partial charge in [-0.1, -0.05) is 17.7 Å². The van der Waals surface area contributed by atoms with Crippen molar-refractivity contribution in [3.8, 4) is 11.6 Å². The number of nitro groups is 1. The van der Waals surface area contributed by atoms with Crippen molar-refractivity contribution in [1.29, 1.82) is 0 Å². The summed E-state index contributed by atoms with van der Waals surface area (Å²) in [5.74, 6) is -0.584. The van der Waals surface area contributed by atoms with Crippen LogP contribution in [0.3, 0.4) is 0 Å². The molecule has 2 N–H and O–H groups in total. The predicted octanol–water partition coefficient (Wildman–Crippen LogP) is 2.64. The van der Waals surface area contributed by atoms with Crippen LogP contribution in [0.2, 0.25) is 0 Å². The molecule has 0 saturated heterocycles. The lowest BCUT2D eigenvalue weighted by molar-refractivity contribution is -0.385. The molecule has 10 nitrogen and oxygen atoms in total. The Morgan fingerprint density at radius 1 is 1.11 bits per heavy atom. The summed E-state index contributed by atoms with van der Waals surface area (Å²) >= 11 is 0. The van der Waals surface area contributed by atoms with Gasteiger partial charge in [-0.25, -0.2) is 4.98 Å². The van der Waals surface area contributed by atoms with Crippen LogP contribution in [0.1, 0.15) is 15.9 Å². The summed E-state index contributed by atoms with van der Waals surface area (Å²) in [5, 5.41) is 11.5. The summed E-state index contributed by atoms with van der Waals surface area (Å²) in [5.41, 5.74) is 5.61. The SMILES string of the molecule is Cc1ccc(Oc2ncnc(NNC(=O)c3ccncc3)c2[N+](=O)[O-])cc1. The lowest BCUT2D eigenvalue weighted by Crippen LogP contribution is -2.30. The first kappa shape index (κ1) is 17.7. The second-order valence-corrected chi connectivity index (χ2v) is 5.36. The third-order valence-electron chi connectivity index (χ3n) is 3.44. The van der Waals surface area contributed by atoms with E-state index < -0.39 is 16.5 Å². The first-order valence-corrected chi connectivity index (χ1v) is 7.75. The zero-order valence-electron chi connectivity index (χ0n) is 14.1. The van der Waals surface area contributed by atoms with Gasteiger partial charge in [-0.15, -0.1) is 0 Å². The molecule has 0 fully saturated rings. The molecule has 2 heterocycles. The Bertz CT molecular complexity index is 963. The Morgan fingerprint density at radius 2 is 1.81 bits per heavy atom. The minimum atomic E-state index is -0.690. The van der Waals surface area contributed by atoms with Gasteiger partial charge in [0.1, 0.15) is 12.1 Å². The first-order chi connectivity index (χ1) is 13.0. The van der Waals surface area contributed by atoms with E-state index in [0.717, 1.165) is 11.9 Å². The van der Waals surface area contributed by atoms with E-state index in [2.05, 4.69) is 25.8 Å². The number of pyridine rings is 1. The fraction of sp³-hybridized carbons (Fsp3) is 0.0588. The topological polar surface area (TPSA) is 132 Å². The molecule has 0 radical (unpaired) electrons. The van der Waals surface area contributed by atoms with Crippen LogP contribution in [-0.4, -0.2) is 25.8 Å². The molecule has 3 rings (SSSR count). The van der Waals surface area contributed by atoms with Crippen LogP contribution in [0.5, 0.6) is 11.6 Å². The molecule has 0 aliphatic heterocycles. The highest BCUT2D eigenvalue weighted by atomic mass is 16.6. The van der Waals surface area contributed by atoms with Crippen LogP contribution in [0.4, 0.5) is 11.5 Å². The minimum Gasteiger partial charge on any atom is -0.434 e. The highest BCUT2D eigenvalue weighted by Gasteiger charge is 2.25. The van der Waals surface area contributed by atoms with Crippen LogP contribution < -0.4 is 15.6 Å². The molecule has 1 aromatic carbocycles. The number of benzene rings is 1. The molecular formula is C17H14N6O4. The molecule has 0 bridgehead atoms. The van der Waals surface area contributed by atoms with Crippen molar-refractivity contribution in [3.63, 3.8) is 0 Å². The molecule has 136 valence electrons. The summed E-state index contributed by atoms with van der Waals surface area (Å²) < 4.78 is 5.50. The van der Waals surface area contributed by atoms with E-state index in [4.69, 9.17) is 4.74 Å². The quantitative estimate of drug-likeness (QED) is 0.502. The van der Waals surface area contributed by atoms with Gasteiger partial charge in [-0.3, -0.25) is 30.7 Å². The number of rotatable bonds is 6. The van der Waals surface area contributed by atoms with Crippen LogP contribution in [0.15, 0.2) is 55.1 Å². The van der Waals surface area contributed by atoms with Crippen molar-refractivity contribution < 1.29 is 14.5 Å². The van der Waals surface area contributed by atoms with Gasteiger partial charge >= 0.3 is 11.6 Å². The summed E-state index contributed by atoms with van der Waals surface area (Å²) in [7, 11) is 0. The molecule has 0 unspecified atom stereocenters. The summed E-state index contributed by atoms with van der Waals surface area (Å²) in [6.07, 6.45) is 4.00. The average molecular weight is 366 g/mol. The molecule has 0 spiro atoms. The van der Waals surface area contributed by atoms with Crippen LogP contribution in [0.25, 0.3) is 0 Å². The van der Waals surface area contributed by atoms with Gasteiger partial charge in [0.2, 0.25) is 5.82 Å². The van der Waals surface area contributed by atoms with Gasteiger partial charge in [-0.05, 0) is 31.2 Å². The first-order valence-electron chi connectivity index (χ1n) is 7.75. The second-order valence-electron chi connectivity index (χ2n) is 5.36. The molecule has 3 aromatic rings. The number of hydrogen-bond acceptors (Lipinski definition) is 8. The fourth-order valence-electron chi connectivity index (χ4n) is 2.10. The second kappa shape index (κ2) is 7.87. The number of aromatic nitrogens is 3. The Hall–Kier alpha value is -4.08. The van der Waals surface area contributed by atoms with Gasteiger partial charge in [0.15, 0.2) is 0 Å². The molecule has 0 aliphatic carbocycles. The molecule has 1 amide bonds. The highest BCUT2D eigenvalue weighted by Crippen LogP contribution is 2.33. The zero-order chi connectivity index (χ0) is 19.2. The van der Waals surface area contributed by atoms with Gasteiger partial charge in [0.05, 0.1) is 4.92 Å². The van der Waals surface area contributed by atoms with Crippen molar-refractivity contribution in [3.05, 3.63) is 76.4 Å². The number of aryl methyl sites for hydroxylation is 1. The van der Waals surface area contributed by atoms with E-state index in [1.165, 1.54) is 24.5 Å². The number of nitrogens with zero attached hydrogens (tertiary/aromatic N) is 4. The Kier molecular flexibility index (Phi) is 5.17. The summed E-state index contributed by atoms with van der Waals surface area (Å²) in [6, 6.07) is 9.93. The maximum absolute atomic E-state index is 12.1. The normalized spacial score (nSPS) is 10.1. The number of ether oxygens (including phenoxy) is 1. The molecule has 0 aliphatic rings. The van der Waals surface area contributed by atoms with Crippen LogP contribution >= 0.6 is 0 Å². The van der Waals surface area contributed by atoms with Gasteiger partial charge in [0, 0.05) is 18.0 Å². The maximum Gasteiger partial charge on any atom is 0.374 e. The smallest absolute Gasteiger partial charge is 0.374 e. The van der Waals surface area contributed by atoms with E-state index in [0.29, 0.717) is 11.3 Å². The number of hydrazine groups is 1. The fourth-order valence-corrected chi connectivity index (χ4v) is 2.10. The van der Waals surface area contributed by atoms with Crippen molar-refractivity contribution in [2.75, 3.05) is 5.43 Å². The third kappa shape index (κ3) is 4.31. The summed E-state index contributed by atoms with van der Waals surface area (Å²) in [6.45, 7) is 1.91. The standard InChI is InChI=1S/C17H14N6O4/c1-11-2-4-13(5-3-11)27-17-14(23(25)26)15(19-10-20-17)21-22-16(24)12-6-8-18-9-7-12/h2-10H,1H3,(H,22,24)(H,19,20,21). The minimum absolute atomic E-state index is 0.209. The molecule has 10 heteroatoms. The maximum atomic E-state index is 12.1. The Labute approximate surface area is 153 Å². The van der Waals surface area contributed by atoms with Gasteiger partial charge < -0.3 is 4.74 Å². The number of anilines is 1. The zero-order valence-corrected chi connectivity index (χ0v) is 14.1. The molecule has 2 aromatic heterocycles. The molecule has 0 saturated carbocycles. The lowest BCUT2D eigenvalue weighted by atomic mass is 10.2. The molecule has 27 heavy (non-hydrogen) atoms. The van der Waals surface area contributed by atoms with E-state index in [1.54, 1.807) is 24.3 Å². The number of hydrogen-bond donors (Lipinski definition) is 2. The highest BCUT2D eigenvalue weighted by molar-refractivity contribution is 5.94. The number of carbonyl (C=O) groups excluding carboxylic acids is 1. The third-order valence-corrected chi connectivity index (χ3v) is 3.44. The van der Waals surface area contributed by atoms with E-state index in [-0.39, 0.29) is 11.7 Å². The largest absolute Gasteiger partial charge is 0.434 e. The van der Waals surface area contributed by atoms with Crippen molar-refractivity contribution in [1.82, 2.24) is 20.4 Å². The number of nitrogens with one attached hydrogen (secondary N) is 2. The predicted molar refractivity (Wildman–Crippen MR) is 95.3 cm³/mol. The lowest BCUT2D eigenvalue weighted by Gasteiger charge is -2.10. The Balaban J connectivity index is 1.82. The number of carbonyl (C=O) groups is 1. The van der Waals surface area contributed by atoms with Crippen LogP contribution in [-0.2, 0) is 0 Å². The number of amides is 1. The van der Waals surface area contributed by atoms with Gasteiger partial charge in [0.25, 0.3) is 5.91 Å². The molecular weight excluding hydrogens is 352 g/mol. The van der Waals surface area contributed by atoms with Crippen molar-refractivity contribution in [2.45, 2.75) is 6.92 Å². The van der Waals surface area contributed by atoms with Crippen molar-refractivity contribution in [2.24, 2.45) is 0 Å². The van der Waals surface area contributed by atoms with Crippen LogP contribution in [0, 0.1) is 17.0 Å². The van der Waals surface area contributed by atoms with Crippen molar-refractivity contribution >= 4 is 17.4 Å². The van der Waals surface area contributed by atoms with E-state index >= 15 is 0 Å². The van der Waals surface area contributed by atoms with E-state index in [9.17, 15) is 14.9 Å². The average Bonchev–Trinajstić information content (AvgIpc) is 2.68. The van der Waals surface area contributed by atoms with E-state index in [1.807, 2.05) is 6.92 Å². The molecule has 0 atom stereocenters. The van der Waals surface area contributed by atoms with Gasteiger partial charge in [-0.2, -0.15) is 4.98 Å².